The Kier molecular flexibility index (Phi) is 5.93. The van der Waals surface area contributed by atoms with Crippen LogP contribution in [0.3, 0.4) is 0 Å². The van der Waals surface area contributed by atoms with Gasteiger partial charge in [0.15, 0.2) is 4.90 Å². The highest BCUT2D eigenvalue weighted by molar-refractivity contribution is 7.89. The van der Waals surface area contributed by atoms with Crippen molar-refractivity contribution in [2.45, 2.75) is 24.3 Å². The fourth-order valence-electron chi connectivity index (χ4n) is 1.62. The Morgan fingerprint density at radius 3 is 2.62 bits per heavy atom. The van der Waals surface area contributed by atoms with E-state index in [1.54, 1.807) is 0 Å². The van der Waals surface area contributed by atoms with E-state index < -0.39 is 48.2 Å². The van der Waals surface area contributed by atoms with Crippen molar-refractivity contribution in [2.24, 2.45) is 0 Å². The minimum atomic E-state index is -4.24. The van der Waals surface area contributed by atoms with Gasteiger partial charge in [0.05, 0.1) is 4.92 Å². The molecule has 0 saturated carbocycles. The van der Waals surface area contributed by atoms with Gasteiger partial charge in [-0.25, -0.2) is 13.1 Å². The van der Waals surface area contributed by atoms with Crippen LogP contribution in [0.5, 0.6) is 0 Å². The molecule has 21 heavy (non-hydrogen) atoms. The molecular weight excluding hydrogens is 323 g/mol. The fourth-order valence-corrected chi connectivity index (χ4v) is 3.76. The van der Waals surface area contributed by atoms with Gasteiger partial charge in [0.2, 0.25) is 15.8 Å². The molecule has 1 rings (SSSR count). The summed E-state index contributed by atoms with van der Waals surface area (Å²) in [6, 6.07) is 2.29. The van der Waals surface area contributed by atoms with Crippen molar-refractivity contribution in [3.05, 3.63) is 34.1 Å². The summed E-state index contributed by atoms with van der Waals surface area (Å²) in [4.78, 5) is 9.02. The maximum absolute atomic E-state index is 13.4. The van der Waals surface area contributed by atoms with Gasteiger partial charge in [-0.3, -0.25) is 14.3 Å². The van der Waals surface area contributed by atoms with Crippen molar-refractivity contribution in [1.29, 1.82) is 0 Å². The van der Waals surface area contributed by atoms with Crippen LogP contribution in [0.4, 0.5) is 10.1 Å². The molecule has 2 unspecified atom stereocenters. The number of nitrogens with zero attached hydrogens (tertiary/aromatic N) is 1. The predicted octanol–water partition coefficient (Wildman–Crippen LogP) is 1.17. The molecule has 0 fully saturated rings. The number of nitro groups is 1. The van der Waals surface area contributed by atoms with E-state index in [4.69, 9.17) is 0 Å². The molecule has 10 heteroatoms. The Hall–Kier alpha value is -1.39. The SMILES string of the molecule is CC(CCS(C)=O)NS(=O)(=O)c1cccc(F)c1[N+](=O)[O-]. The van der Waals surface area contributed by atoms with Crippen LogP contribution < -0.4 is 4.72 Å². The van der Waals surface area contributed by atoms with Crippen LogP contribution >= 0.6 is 0 Å². The topological polar surface area (TPSA) is 106 Å². The lowest BCUT2D eigenvalue weighted by molar-refractivity contribution is -0.390. The van der Waals surface area contributed by atoms with Gasteiger partial charge in [-0.1, -0.05) is 6.07 Å². The number of rotatable bonds is 7. The first-order valence-electron chi connectivity index (χ1n) is 5.90. The standard InChI is InChI=1S/C11H15FN2O5S2/c1-8(6-7-20(2)17)13-21(18,19)10-5-3-4-9(12)11(10)14(15)16/h3-5,8,13H,6-7H2,1-2H3. The molecular formula is C11H15FN2O5S2. The quantitative estimate of drug-likeness (QED) is 0.593. The summed E-state index contributed by atoms with van der Waals surface area (Å²) in [6.07, 6.45) is 1.78. The minimum Gasteiger partial charge on any atom is -0.260 e. The van der Waals surface area contributed by atoms with Gasteiger partial charge in [-0.15, -0.1) is 0 Å². The third-order valence-corrected chi connectivity index (χ3v) is 5.05. The van der Waals surface area contributed by atoms with Crippen LogP contribution in [-0.2, 0) is 20.8 Å². The van der Waals surface area contributed by atoms with Crippen molar-refractivity contribution in [3.63, 3.8) is 0 Å². The number of hydrogen-bond donors (Lipinski definition) is 1. The monoisotopic (exact) mass is 338 g/mol. The number of hydrogen-bond acceptors (Lipinski definition) is 5. The average Bonchev–Trinajstić information content (AvgIpc) is 2.35. The summed E-state index contributed by atoms with van der Waals surface area (Å²) < 4.78 is 50.8. The smallest absolute Gasteiger partial charge is 0.260 e. The molecule has 118 valence electrons. The Bertz CT molecular complexity index is 663. The molecule has 7 nitrogen and oxygen atoms in total. The lowest BCUT2D eigenvalue weighted by Crippen LogP contribution is -2.34. The van der Waals surface area contributed by atoms with Crippen LogP contribution in [0, 0.1) is 15.9 Å². The molecule has 0 heterocycles. The van der Waals surface area contributed by atoms with Crippen LogP contribution in [-0.4, -0.2) is 35.6 Å². The van der Waals surface area contributed by atoms with Crippen molar-refractivity contribution < 1.29 is 21.9 Å². The van der Waals surface area contributed by atoms with E-state index in [0.29, 0.717) is 6.42 Å². The third kappa shape index (κ3) is 4.83. The summed E-state index contributed by atoms with van der Waals surface area (Å²) in [7, 11) is -5.31. The largest absolute Gasteiger partial charge is 0.324 e. The predicted molar refractivity (Wildman–Crippen MR) is 76.4 cm³/mol. The molecule has 0 saturated heterocycles. The maximum atomic E-state index is 13.4. The molecule has 0 bridgehead atoms. The molecule has 0 aliphatic heterocycles. The van der Waals surface area contributed by atoms with Crippen molar-refractivity contribution >= 4 is 26.5 Å². The second-order valence-electron chi connectivity index (χ2n) is 4.43. The Labute approximate surface area is 124 Å². The van der Waals surface area contributed by atoms with E-state index in [-0.39, 0.29) is 5.75 Å². The normalized spacial score (nSPS) is 14.6. The summed E-state index contributed by atoms with van der Waals surface area (Å²) >= 11 is 0. The van der Waals surface area contributed by atoms with Crippen molar-refractivity contribution in [1.82, 2.24) is 4.72 Å². The zero-order chi connectivity index (χ0) is 16.2. The molecule has 1 aromatic rings. The highest BCUT2D eigenvalue weighted by atomic mass is 32.2. The second-order valence-corrected chi connectivity index (χ2v) is 7.67. The molecule has 0 aliphatic rings. The number of nitro benzene ring substituents is 1. The molecule has 2 atom stereocenters. The molecule has 0 aliphatic carbocycles. The van der Waals surface area contributed by atoms with Crippen molar-refractivity contribution in [2.75, 3.05) is 12.0 Å². The van der Waals surface area contributed by atoms with Crippen LogP contribution in [0.25, 0.3) is 0 Å². The maximum Gasteiger partial charge on any atom is 0.324 e. The van der Waals surface area contributed by atoms with E-state index in [0.717, 1.165) is 18.2 Å². The van der Waals surface area contributed by atoms with E-state index in [9.17, 15) is 27.1 Å². The summed E-state index contributed by atoms with van der Waals surface area (Å²) in [5.41, 5.74) is -1.09. The first-order chi connectivity index (χ1) is 9.65. The third-order valence-electron chi connectivity index (χ3n) is 2.62. The second kappa shape index (κ2) is 7.05. The average molecular weight is 338 g/mol. The first-order valence-corrected chi connectivity index (χ1v) is 9.11. The number of nitrogens with one attached hydrogen (secondary N) is 1. The molecule has 1 aromatic carbocycles. The van der Waals surface area contributed by atoms with Gasteiger partial charge in [0.25, 0.3) is 0 Å². The zero-order valence-electron chi connectivity index (χ0n) is 11.4. The molecule has 0 aromatic heterocycles. The van der Waals surface area contributed by atoms with Crippen molar-refractivity contribution in [3.8, 4) is 0 Å². The van der Waals surface area contributed by atoms with Crippen LogP contribution in [0.15, 0.2) is 23.1 Å². The molecule has 0 spiro atoms. The first kappa shape index (κ1) is 17.7. The fraction of sp³-hybridized carbons (Fsp3) is 0.455. The highest BCUT2D eigenvalue weighted by Gasteiger charge is 2.30. The zero-order valence-corrected chi connectivity index (χ0v) is 13.0. The Morgan fingerprint density at radius 1 is 1.48 bits per heavy atom. The lowest BCUT2D eigenvalue weighted by Gasteiger charge is -2.13. The molecule has 0 radical (unpaired) electrons. The molecule has 1 N–H and O–H groups in total. The number of halogens is 1. The van der Waals surface area contributed by atoms with Crippen LogP contribution in [0.2, 0.25) is 0 Å². The van der Waals surface area contributed by atoms with Gasteiger partial charge in [-0.05, 0) is 25.5 Å². The van der Waals surface area contributed by atoms with E-state index in [2.05, 4.69) is 4.72 Å². The summed E-state index contributed by atoms with van der Waals surface area (Å²) in [6.45, 7) is 1.54. The van der Waals surface area contributed by atoms with E-state index >= 15 is 0 Å². The number of benzene rings is 1. The van der Waals surface area contributed by atoms with Gasteiger partial charge >= 0.3 is 5.69 Å². The molecule has 0 amide bonds. The van der Waals surface area contributed by atoms with Gasteiger partial charge in [0, 0.05) is 28.9 Å². The van der Waals surface area contributed by atoms with Gasteiger partial charge < -0.3 is 0 Å². The summed E-state index contributed by atoms with van der Waals surface area (Å²) in [5, 5.41) is 10.8. The van der Waals surface area contributed by atoms with E-state index in [1.165, 1.54) is 13.2 Å². The Balaban J connectivity index is 3.06. The number of sulfonamides is 1. The lowest BCUT2D eigenvalue weighted by atomic mass is 10.3. The van der Waals surface area contributed by atoms with E-state index in [1.807, 2.05) is 0 Å². The highest BCUT2D eigenvalue weighted by Crippen LogP contribution is 2.26. The van der Waals surface area contributed by atoms with Crippen LogP contribution in [0.1, 0.15) is 13.3 Å². The van der Waals surface area contributed by atoms with Gasteiger partial charge in [0.1, 0.15) is 0 Å². The number of para-hydroxylation sites is 1. The summed E-state index contributed by atoms with van der Waals surface area (Å²) in [5.74, 6) is -0.931. The minimum absolute atomic E-state index is 0.287. The Morgan fingerprint density at radius 2 is 2.10 bits per heavy atom. The van der Waals surface area contributed by atoms with Gasteiger partial charge in [-0.2, -0.15) is 4.39 Å².